The van der Waals surface area contributed by atoms with Gasteiger partial charge in [0, 0.05) is 6.92 Å². The van der Waals surface area contributed by atoms with E-state index < -0.39 is 6.04 Å². The monoisotopic (exact) mass is 262 g/mol. The molecule has 0 saturated heterocycles. The van der Waals surface area contributed by atoms with Crippen molar-refractivity contribution in [3.8, 4) is 11.4 Å². The van der Waals surface area contributed by atoms with Crippen LogP contribution in [0, 0.1) is 0 Å². The molecule has 0 aliphatic carbocycles. The first-order valence-electron chi connectivity index (χ1n) is 5.88. The molecular formula is C12H14N4O3. The van der Waals surface area contributed by atoms with Gasteiger partial charge in [0.05, 0.1) is 17.9 Å². The van der Waals surface area contributed by atoms with Crippen LogP contribution in [0.3, 0.4) is 0 Å². The molecule has 1 atom stereocenters. The molecule has 0 aliphatic rings. The molecule has 7 nitrogen and oxygen atoms in total. The number of rotatable bonds is 4. The molecular weight excluding hydrogens is 248 g/mol. The van der Waals surface area contributed by atoms with Crippen LogP contribution in [0.1, 0.15) is 32.0 Å². The van der Waals surface area contributed by atoms with Crippen molar-refractivity contribution < 1.29 is 9.21 Å². The van der Waals surface area contributed by atoms with Crippen LogP contribution in [0.4, 0.5) is 0 Å². The molecule has 2 rings (SSSR count). The summed E-state index contributed by atoms with van der Waals surface area (Å²) in [6.07, 6.45) is 3.50. The smallest absolute Gasteiger partial charge is 0.275 e. The summed E-state index contributed by atoms with van der Waals surface area (Å²) in [6.45, 7) is 3.25. The lowest BCUT2D eigenvalue weighted by molar-refractivity contribution is -0.119. The molecule has 2 N–H and O–H groups in total. The SMILES string of the molecule is CCC(NC(C)=O)c1nnc(-c2ccoc2)[nH]c1=O. The fraction of sp³-hybridized carbons (Fsp3) is 0.333. The van der Waals surface area contributed by atoms with Gasteiger partial charge in [-0.2, -0.15) is 0 Å². The Hall–Kier alpha value is -2.44. The van der Waals surface area contributed by atoms with Gasteiger partial charge in [-0.25, -0.2) is 0 Å². The number of furan rings is 1. The van der Waals surface area contributed by atoms with Crippen molar-refractivity contribution in [2.24, 2.45) is 0 Å². The number of nitrogens with one attached hydrogen (secondary N) is 2. The normalized spacial score (nSPS) is 12.1. The zero-order chi connectivity index (χ0) is 13.8. The van der Waals surface area contributed by atoms with Crippen molar-refractivity contribution in [1.82, 2.24) is 20.5 Å². The van der Waals surface area contributed by atoms with Crippen LogP contribution in [0.5, 0.6) is 0 Å². The minimum atomic E-state index is -0.438. The first-order chi connectivity index (χ1) is 9.11. The molecule has 7 heteroatoms. The molecule has 2 aromatic rings. The van der Waals surface area contributed by atoms with E-state index in [1.165, 1.54) is 19.5 Å². The summed E-state index contributed by atoms with van der Waals surface area (Å²) in [5, 5.41) is 10.5. The number of aromatic amines is 1. The van der Waals surface area contributed by atoms with E-state index in [4.69, 9.17) is 4.42 Å². The maximum atomic E-state index is 12.0. The van der Waals surface area contributed by atoms with E-state index in [-0.39, 0.29) is 17.2 Å². The largest absolute Gasteiger partial charge is 0.472 e. The maximum Gasteiger partial charge on any atom is 0.275 e. The third-order valence-electron chi connectivity index (χ3n) is 2.63. The van der Waals surface area contributed by atoms with E-state index in [0.717, 1.165) is 0 Å². The van der Waals surface area contributed by atoms with E-state index in [1.807, 2.05) is 6.92 Å². The molecule has 0 radical (unpaired) electrons. The summed E-state index contributed by atoms with van der Waals surface area (Å²) in [5.74, 6) is 0.118. The van der Waals surface area contributed by atoms with Gasteiger partial charge in [-0.15, -0.1) is 10.2 Å². The van der Waals surface area contributed by atoms with Gasteiger partial charge in [-0.3, -0.25) is 9.59 Å². The molecule has 1 unspecified atom stereocenters. The van der Waals surface area contributed by atoms with Crippen molar-refractivity contribution in [2.75, 3.05) is 0 Å². The molecule has 0 bridgehead atoms. The number of H-pyrrole nitrogens is 1. The lowest BCUT2D eigenvalue weighted by Gasteiger charge is -2.13. The average molecular weight is 262 g/mol. The topological polar surface area (TPSA) is 101 Å². The first kappa shape index (κ1) is 13.0. The molecule has 0 saturated carbocycles. The quantitative estimate of drug-likeness (QED) is 0.856. The molecule has 0 fully saturated rings. The van der Waals surface area contributed by atoms with Crippen molar-refractivity contribution in [3.63, 3.8) is 0 Å². The van der Waals surface area contributed by atoms with E-state index in [2.05, 4.69) is 20.5 Å². The number of hydrogen-bond donors (Lipinski definition) is 2. The highest BCUT2D eigenvalue weighted by molar-refractivity contribution is 5.73. The van der Waals surface area contributed by atoms with E-state index in [9.17, 15) is 9.59 Å². The van der Waals surface area contributed by atoms with Gasteiger partial charge in [0.15, 0.2) is 11.5 Å². The summed E-state index contributed by atoms with van der Waals surface area (Å²) >= 11 is 0. The lowest BCUT2D eigenvalue weighted by atomic mass is 10.1. The van der Waals surface area contributed by atoms with E-state index >= 15 is 0 Å². The van der Waals surface area contributed by atoms with Crippen LogP contribution in [0.2, 0.25) is 0 Å². The highest BCUT2D eigenvalue weighted by atomic mass is 16.3. The number of carbonyl (C=O) groups excluding carboxylic acids is 1. The standard InChI is InChI=1S/C12H14N4O3/c1-3-9(13-7(2)17)10-12(18)14-11(16-15-10)8-4-5-19-6-8/h4-6,9H,3H2,1-2H3,(H,13,17)(H,14,16,18). The summed E-state index contributed by atoms with van der Waals surface area (Å²) < 4.78 is 4.91. The molecule has 0 aliphatic heterocycles. The average Bonchev–Trinajstić information content (AvgIpc) is 2.89. The van der Waals surface area contributed by atoms with Crippen LogP contribution in [0.25, 0.3) is 11.4 Å². The highest BCUT2D eigenvalue weighted by Gasteiger charge is 2.17. The molecule has 19 heavy (non-hydrogen) atoms. The molecule has 100 valence electrons. The van der Waals surface area contributed by atoms with Crippen molar-refractivity contribution >= 4 is 5.91 Å². The van der Waals surface area contributed by atoms with Crippen molar-refractivity contribution in [3.05, 3.63) is 34.6 Å². The van der Waals surface area contributed by atoms with Gasteiger partial charge in [-0.1, -0.05) is 6.92 Å². The zero-order valence-corrected chi connectivity index (χ0v) is 10.6. The Balaban J connectivity index is 2.33. The molecule has 0 spiro atoms. The Morgan fingerprint density at radius 3 is 2.84 bits per heavy atom. The van der Waals surface area contributed by atoms with Gasteiger partial charge in [0.2, 0.25) is 5.91 Å². The number of nitrogens with zero attached hydrogens (tertiary/aromatic N) is 2. The fourth-order valence-corrected chi connectivity index (χ4v) is 1.71. The fourth-order valence-electron chi connectivity index (χ4n) is 1.71. The number of amides is 1. The Kier molecular flexibility index (Phi) is 3.74. The lowest BCUT2D eigenvalue weighted by Crippen LogP contribution is -2.32. The maximum absolute atomic E-state index is 12.0. The summed E-state index contributed by atoms with van der Waals surface area (Å²) in [7, 11) is 0. The van der Waals surface area contributed by atoms with Gasteiger partial charge in [0.1, 0.15) is 6.26 Å². The number of carbonyl (C=O) groups is 1. The van der Waals surface area contributed by atoms with E-state index in [1.54, 1.807) is 6.07 Å². The Labute approximate surface area is 109 Å². The van der Waals surface area contributed by atoms with Gasteiger partial charge >= 0.3 is 0 Å². The highest BCUT2D eigenvalue weighted by Crippen LogP contribution is 2.14. The minimum Gasteiger partial charge on any atom is -0.472 e. The zero-order valence-electron chi connectivity index (χ0n) is 10.6. The summed E-state index contributed by atoms with van der Waals surface area (Å²) in [4.78, 5) is 25.7. The Morgan fingerprint density at radius 2 is 2.32 bits per heavy atom. The Morgan fingerprint density at radius 1 is 1.53 bits per heavy atom. The molecule has 2 aromatic heterocycles. The van der Waals surface area contributed by atoms with Crippen LogP contribution >= 0.6 is 0 Å². The second kappa shape index (κ2) is 5.47. The van der Waals surface area contributed by atoms with Crippen LogP contribution in [-0.2, 0) is 4.79 Å². The first-order valence-corrected chi connectivity index (χ1v) is 5.88. The predicted octanol–water partition coefficient (Wildman–Crippen LogP) is 1.01. The van der Waals surface area contributed by atoms with Gasteiger partial charge in [-0.05, 0) is 12.5 Å². The second-order valence-electron chi connectivity index (χ2n) is 4.06. The second-order valence-corrected chi connectivity index (χ2v) is 4.06. The summed E-state index contributed by atoms with van der Waals surface area (Å²) in [6, 6.07) is 1.23. The third kappa shape index (κ3) is 2.87. The van der Waals surface area contributed by atoms with Gasteiger partial charge in [0.25, 0.3) is 5.56 Å². The van der Waals surface area contributed by atoms with Crippen molar-refractivity contribution in [2.45, 2.75) is 26.3 Å². The Bertz CT molecular complexity index is 618. The minimum absolute atomic E-state index is 0.199. The molecule has 0 aromatic carbocycles. The van der Waals surface area contributed by atoms with Crippen LogP contribution < -0.4 is 10.9 Å². The number of hydrogen-bond acceptors (Lipinski definition) is 5. The van der Waals surface area contributed by atoms with Crippen molar-refractivity contribution in [1.29, 1.82) is 0 Å². The van der Waals surface area contributed by atoms with Gasteiger partial charge < -0.3 is 14.7 Å². The molecule has 1 amide bonds. The number of aromatic nitrogens is 3. The van der Waals surface area contributed by atoms with Crippen LogP contribution in [-0.4, -0.2) is 21.1 Å². The molecule has 2 heterocycles. The van der Waals surface area contributed by atoms with Crippen LogP contribution in [0.15, 0.2) is 27.8 Å². The summed E-state index contributed by atoms with van der Waals surface area (Å²) in [5.41, 5.74) is 0.473. The predicted molar refractivity (Wildman–Crippen MR) is 67.2 cm³/mol. The third-order valence-corrected chi connectivity index (χ3v) is 2.63. The van der Waals surface area contributed by atoms with E-state index in [0.29, 0.717) is 17.8 Å².